The first-order valence-electron chi connectivity index (χ1n) is 10.2. The summed E-state index contributed by atoms with van der Waals surface area (Å²) in [4.78, 5) is 25.6. The molecule has 0 radical (unpaired) electrons. The molecule has 0 unspecified atom stereocenters. The van der Waals surface area contributed by atoms with E-state index in [1.54, 1.807) is 17.0 Å². The van der Waals surface area contributed by atoms with E-state index in [4.69, 9.17) is 0 Å². The van der Waals surface area contributed by atoms with Crippen LogP contribution in [0.3, 0.4) is 0 Å². The van der Waals surface area contributed by atoms with Crippen molar-refractivity contribution in [2.45, 2.75) is 13.8 Å². The zero-order chi connectivity index (χ0) is 21.8. The van der Waals surface area contributed by atoms with E-state index in [1.165, 1.54) is 17.7 Å². The van der Waals surface area contributed by atoms with Gasteiger partial charge in [0.25, 0.3) is 0 Å². The fourth-order valence-corrected chi connectivity index (χ4v) is 3.41. The second kappa shape index (κ2) is 8.99. The molecule has 31 heavy (non-hydrogen) atoms. The summed E-state index contributed by atoms with van der Waals surface area (Å²) < 4.78 is 13.0. The monoisotopic (exact) mass is 420 g/mol. The highest BCUT2D eigenvalue weighted by Crippen LogP contribution is 2.20. The highest BCUT2D eigenvalue weighted by molar-refractivity contribution is 5.89. The first kappa shape index (κ1) is 20.6. The van der Waals surface area contributed by atoms with Crippen LogP contribution in [0.5, 0.6) is 0 Å². The largest absolute Gasteiger partial charge is 0.353 e. The number of nitrogens with zero attached hydrogens (tertiary/aromatic N) is 4. The van der Waals surface area contributed by atoms with Crippen molar-refractivity contribution >= 4 is 29.2 Å². The van der Waals surface area contributed by atoms with Gasteiger partial charge in [0.2, 0.25) is 5.95 Å². The molecule has 1 fully saturated rings. The minimum absolute atomic E-state index is 0.188. The van der Waals surface area contributed by atoms with E-state index >= 15 is 0 Å². The zero-order valence-corrected chi connectivity index (χ0v) is 17.6. The molecule has 7 nitrogen and oxygen atoms in total. The lowest BCUT2D eigenvalue weighted by Crippen LogP contribution is -2.50. The van der Waals surface area contributed by atoms with Crippen LogP contribution < -0.4 is 15.5 Å². The highest BCUT2D eigenvalue weighted by atomic mass is 19.1. The second-order valence-electron chi connectivity index (χ2n) is 7.59. The van der Waals surface area contributed by atoms with Crippen LogP contribution in [0.4, 0.5) is 32.3 Å². The molecule has 2 N–H and O–H groups in total. The summed E-state index contributed by atoms with van der Waals surface area (Å²) in [5.74, 6) is 1.05. The summed E-state index contributed by atoms with van der Waals surface area (Å²) in [6.07, 6.45) is 0. The van der Waals surface area contributed by atoms with Gasteiger partial charge in [-0.25, -0.2) is 14.2 Å². The molecule has 1 saturated heterocycles. The standard InChI is InChI=1S/C23H25FN6O/c1-16-3-7-19(8-4-16)26-22-25-17(2)15-21(28-22)29-11-13-30(14-12-29)23(31)27-20-9-5-18(24)6-10-20/h3-10,15H,11-14H2,1-2H3,(H,27,31)(H,25,26,28). The molecule has 3 aromatic rings. The third-order valence-electron chi connectivity index (χ3n) is 5.13. The van der Waals surface area contributed by atoms with Crippen molar-refractivity contribution in [3.8, 4) is 0 Å². The van der Waals surface area contributed by atoms with Crippen molar-refractivity contribution in [1.29, 1.82) is 0 Å². The third-order valence-corrected chi connectivity index (χ3v) is 5.13. The minimum Gasteiger partial charge on any atom is -0.353 e. The first-order chi connectivity index (χ1) is 15.0. The molecule has 0 spiro atoms. The van der Waals surface area contributed by atoms with Crippen molar-refractivity contribution in [2.24, 2.45) is 0 Å². The fourth-order valence-electron chi connectivity index (χ4n) is 3.41. The van der Waals surface area contributed by atoms with Gasteiger partial charge in [-0.15, -0.1) is 0 Å². The molecule has 2 heterocycles. The number of rotatable bonds is 4. The lowest BCUT2D eigenvalue weighted by Gasteiger charge is -2.35. The molecule has 1 aliphatic rings. The van der Waals surface area contributed by atoms with E-state index < -0.39 is 0 Å². The Kier molecular flexibility index (Phi) is 5.97. The Labute approximate surface area is 180 Å². The maximum Gasteiger partial charge on any atom is 0.321 e. The van der Waals surface area contributed by atoms with Gasteiger partial charge in [0, 0.05) is 49.3 Å². The zero-order valence-electron chi connectivity index (χ0n) is 17.6. The molecular formula is C23H25FN6O. The molecule has 0 saturated carbocycles. The molecular weight excluding hydrogens is 395 g/mol. The smallest absolute Gasteiger partial charge is 0.321 e. The van der Waals surface area contributed by atoms with Gasteiger partial charge in [-0.05, 0) is 50.2 Å². The van der Waals surface area contributed by atoms with Crippen LogP contribution in [0.2, 0.25) is 0 Å². The number of piperazine rings is 1. The maximum absolute atomic E-state index is 13.0. The Hall–Kier alpha value is -3.68. The summed E-state index contributed by atoms with van der Waals surface area (Å²) in [6.45, 7) is 6.45. The van der Waals surface area contributed by atoms with E-state index in [9.17, 15) is 9.18 Å². The number of hydrogen-bond acceptors (Lipinski definition) is 5. The van der Waals surface area contributed by atoms with Crippen LogP contribution in [-0.4, -0.2) is 47.1 Å². The van der Waals surface area contributed by atoms with Gasteiger partial charge in [0.05, 0.1) is 0 Å². The average molecular weight is 420 g/mol. The number of benzene rings is 2. The van der Waals surface area contributed by atoms with Gasteiger partial charge in [0.1, 0.15) is 11.6 Å². The lowest BCUT2D eigenvalue weighted by atomic mass is 10.2. The Morgan fingerprint density at radius 3 is 2.23 bits per heavy atom. The van der Waals surface area contributed by atoms with Crippen LogP contribution >= 0.6 is 0 Å². The molecule has 1 aromatic heterocycles. The summed E-state index contributed by atoms with van der Waals surface area (Å²) in [5.41, 5.74) is 3.57. The fraction of sp³-hybridized carbons (Fsp3) is 0.261. The molecule has 2 amide bonds. The van der Waals surface area contributed by atoms with Crippen LogP contribution in [0.1, 0.15) is 11.3 Å². The van der Waals surface area contributed by atoms with E-state index in [2.05, 4.69) is 25.5 Å². The van der Waals surface area contributed by atoms with Crippen molar-refractivity contribution < 1.29 is 9.18 Å². The summed E-state index contributed by atoms with van der Waals surface area (Å²) in [5, 5.41) is 6.07. The molecule has 1 aliphatic heterocycles. The molecule has 8 heteroatoms. The van der Waals surface area contributed by atoms with Gasteiger partial charge in [0.15, 0.2) is 0 Å². The predicted octanol–water partition coefficient (Wildman–Crippen LogP) is 4.33. The summed E-state index contributed by atoms with van der Waals surface area (Å²) in [7, 11) is 0. The van der Waals surface area contributed by atoms with Crippen molar-refractivity contribution in [3.63, 3.8) is 0 Å². The quantitative estimate of drug-likeness (QED) is 0.657. The molecule has 0 atom stereocenters. The van der Waals surface area contributed by atoms with Gasteiger partial charge in [-0.1, -0.05) is 17.7 Å². The van der Waals surface area contributed by atoms with E-state index in [1.807, 2.05) is 44.2 Å². The van der Waals surface area contributed by atoms with Crippen LogP contribution in [-0.2, 0) is 0 Å². The SMILES string of the molecule is Cc1ccc(Nc2nc(C)cc(N3CCN(C(=O)Nc4ccc(F)cc4)CC3)n2)cc1. The first-order valence-corrected chi connectivity index (χ1v) is 10.2. The number of aryl methyl sites for hydroxylation is 2. The topological polar surface area (TPSA) is 73.4 Å². The number of carbonyl (C=O) groups is 1. The number of amides is 2. The maximum atomic E-state index is 13.0. The van der Waals surface area contributed by atoms with E-state index in [-0.39, 0.29) is 11.8 Å². The van der Waals surface area contributed by atoms with Gasteiger partial charge >= 0.3 is 6.03 Å². The van der Waals surface area contributed by atoms with E-state index in [0.717, 1.165) is 17.2 Å². The number of nitrogens with one attached hydrogen (secondary N) is 2. The number of halogens is 1. The molecule has 0 bridgehead atoms. The Balaban J connectivity index is 1.37. The van der Waals surface area contributed by atoms with E-state index in [0.29, 0.717) is 37.8 Å². The van der Waals surface area contributed by atoms with Gasteiger partial charge in [-0.3, -0.25) is 0 Å². The van der Waals surface area contributed by atoms with Gasteiger partial charge in [-0.2, -0.15) is 4.98 Å². The number of aromatic nitrogens is 2. The molecule has 0 aliphatic carbocycles. The van der Waals surface area contributed by atoms with Crippen molar-refractivity contribution in [3.05, 3.63) is 71.7 Å². The van der Waals surface area contributed by atoms with Crippen LogP contribution in [0, 0.1) is 19.7 Å². The second-order valence-corrected chi connectivity index (χ2v) is 7.59. The summed E-state index contributed by atoms with van der Waals surface area (Å²) >= 11 is 0. The molecule has 160 valence electrons. The average Bonchev–Trinajstić information content (AvgIpc) is 2.77. The van der Waals surface area contributed by atoms with Crippen molar-refractivity contribution in [1.82, 2.24) is 14.9 Å². The minimum atomic E-state index is -0.331. The highest BCUT2D eigenvalue weighted by Gasteiger charge is 2.22. The molecule has 2 aromatic carbocycles. The summed E-state index contributed by atoms with van der Waals surface area (Å²) in [6, 6.07) is 15.6. The van der Waals surface area contributed by atoms with Gasteiger partial charge < -0.3 is 20.4 Å². The number of hydrogen-bond donors (Lipinski definition) is 2. The lowest BCUT2D eigenvalue weighted by molar-refractivity contribution is 0.208. The van der Waals surface area contributed by atoms with Crippen molar-refractivity contribution in [2.75, 3.05) is 41.7 Å². The Bertz CT molecular complexity index is 1050. The Morgan fingerprint density at radius 1 is 0.903 bits per heavy atom. The number of carbonyl (C=O) groups excluding carboxylic acids is 1. The molecule has 4 rings (SSSR count). The number of urea groups is 1. The Morgan fingerprint density at radius 2 is 1.55 bits per heavy atom. The van der Waals surface area contributed by atoms with Crippen LogP contribution in [0.25, 0.3) is 0 Å². The normalized spacial score (nSPS) is 13.8. The van der Waals surface area contributed by atoms with Crippen LogP contribution in [0.15, 0.2) is 54.6 Å². The number of anilines is 4. The third kappa shape index (κ3) is 5.28. The predicted molar refractivity (Wildman–Crippen MR) is 120 cm³/mol.